The van der Waals surface area contributed by atoms with Crippen LogP contribution in [0.2, 0.25) is 0 Å². The van der Waals surface area contributed by atoms with E-state index < -0.39 is 11.0 Å². The first-order valence-electron chi connectivity index (χ1n) is 6.54. The fraction of sp³-hybridized carbons (Fsp3) is 0.429. The van der Waals surface area contributed by atoms with Crippen LogP contribution in [0.15, 0.2) is 30.0 Å². The van der Waals surface area contributed by atoms with Gasteiger partial charge < -0.3 is 10.0 Å². The molecular weight excluding hydrogens is 244 g/mol. The van der Waals surface area contributed by atoms with Crippen molar-refractivity contribution in [2.75, 3.05) is 13.1 Å². The van der Waals surface area contributed by atoms with E-state index in [0.29, 0.717) is 5.92 Å². The predicted molar refractivity (Wildman–Crippen MR) is 71.4 cm³/mol. The van der Waals surface area contributed by atoms with Gasteiger partial charge in [0.25, 0.3) is 5.69 Å². The summed E-state index contributed by atoms with van der Waals surface area (Å²) in [5.74, 6) is 0.343. The molecule has 3 heterocycles. The standard InChI is InChI=1S/C14H16N2O3/c17-14-11-4-6-15(7-5-11)13(14)9-10-2-1-3-12(8-10)16(18)19/h1-3,8-9,11,14,17H,4-7H2. The molecule has 3 aliphatic rings. The Hall–Kier alpha value is -1.88. The highest BCUT2D eigenvalue weighted by atomic mass is 16.6. The second-order valence-electron chi connectivity index (χ2n) is 5.19. The van der Waals surface area contributed by atoms with Crippen molar-refractivity contribution in [3.63, 3.8) is 0 Å². The van der Waals surface area contributed by atoms with Crippen molar-refractivity contribution in [2.24, 2.45) is 5.92 Å². The molecule has 5 nitrogen and oxygen atoms in total. The molecule has 0 saturated carbocycles. The molecule has 0 aliphatic carbocycles. The second kappa shape index (κ2) is 4.66. The highest BCUT2D eigenvalue weighted by Gasteiger charge is 2.36. The third-order valence-corrected chi connectivity index (χ3v) is 4.05. The summed E-state index contributed by atoms with van der Waals surface area (Å²) in [6, 6.07) is 6.53. The van der Waals surface area contributed by atoms with Crippen molar-refractivity contribution < 1.29 is 10.0 Å². The molecule has 19 heavy (non-hydrogen) atoms. The van der Waals surface area contributed by atoms with Crippen molar-refractivity contribution in [1.29, 1.82) is 0 Å². The maximum absolute atomic E-state index is 10.8. The van der Waals surface area contributed by atoms with Crippen molar-refractivity contribution in [3.8, 4) is 0 Å². The van der Waals surface area contributed by atoms with Gasteiger partial charge in [-0.15, -0.1) is 0 Å². The second-order valence-corrected chi connectivity index (χ2v) is 5.19. The van der Waals surface area contributed by atoms with E-state index in [1.807, 2.05) is 12.1 Å². The Bertz CT molecular complexity index is 529. The van der Waals surface area contributed by atoms with Gasteiger partial charge in [0.2, 0.25) is 0 Å². The Morgan fingerprint density at radius 1 is 1.37 bits per heavy atom. The van der Waals surface area contributed by atoms with Crippen LogP contribution >= 0.6 is 0 Å². The number of piperidine rings is 3. The zero-order valence-corrected chi connectivity index (χ0v) is 10.5. The number of rotatable bonds is 2. The molecule has 2 bridgehead atoms. The molecule has 3 aliphatic heterocycles. The Kier molecular flexibility index (Phi) is 2.98. The van der Waals surface area contributed by atoms with E-state index in [1.165, 1.54) is 6.07 Å². The van der Waals surface area contributed by atoms with Gasteiger partial charge in [0, 0.05) is 30.9 Å². The molecule has 5 heteroatoms. The highest BCUT2D eigenvalue weighted by molar-refractivity contribution is 5.57. The topological polar surface area (TPSA) is 66.6 Å². The highest BCUT2D eigenvalue weighted by Crippen LogP contribution is 2.35. The van der Waals surface area contributed by atoms with Crippen molar-refractivity contribution in [2.45, 2.75) is 18.9 Å². The molecule has 1 unspecified atom stereocenters. The summed E-state index contributed by atoms with van der Waals surface area (Å²) < 4.78 is 0. The summed E-state index contributed by atoms with van der Waals surface area (Å²) >= 11 is 0. The van der Waals surface area contributed by atoms with Crippen LogP contribution in [0.4, 0.5) is 5.69 Å². The number of nitrogens with zero attached hydrogens (tertiary/aromatic N) is 2. The van der Waals surface area contributed by atoms with Gasteiger partial charge in [-0.3, -0.25) is 10.1 Å². The summed E-state index contributed by atoms with van der Waals surface area (Å²) in [4.78, 5) is 12.5. The molecule has 100 valence electrons. The van der Waals surface area contributed by atoms with Gasteiger partial charge in [-0.2, -0.15) is 0 Å². The Morgan fingerprint density at radius 2 is 2.11 bits per heavy atom. The monoisotopic (exact) mass is 260 g/mol. The van der Waals surface area contributed by atoms with Gasteiger partial charge in [-0.25, -0.2) is 0 Å². The van der Waals surface area contributed by atoms with Gasteiger partial charge in [0.1, 0.15) is 0 Å². The number of benzene rings is 1. The average molecular weight is 260 g/mol. The Morgan fingerprint density at radius 3 is 2.74 bits per heavy atom. The van der Waals surface area contributed by atoms with Gasteiger partial charge in [0.15, 0.2) is 0 Å². The number of aliphatic hydroxyl groups is 1. The first kappa shape index (κ1) is 12.2. The Balaban J connectivity index is 1.92. The van der Waals surface area contributed by atoms with Crippen LogP contribution in [0.5, 0.6) is 0 Å². The predicted octanol–water partition coefficient (Wildman–Crippen LogP) is 2.02. The summed E-state index contributed by atoms with van der Waals surface area (Å²) in [5.41, 5.74) is 1.76. The number of non-ortho nitro benzene ring substituents is 1. The molecule has 1 aromatic carbocycles. The molecule has 1 N–H and O–H groups in total. The van der Waals surface area contributed by atoms with E-state index in [2.05, 4.69) is 4.90 Å². The maximum Gasteiger partial charge on any atom is 0.270 e. The molecule has 0 amide bonds. The van der Waals surface area contributed by atoms with E-state index >= 15 is 0 Å². The number of nitro benzene ring substituents is 1. The van der Waals surface area contributed by atoms with Crippen LogP contribution < -0.4 is 0 Å². The van der Waals surface area contributed by atoms with Crippen LogP contribution in [-0.2, 0) is 0 Å². The maximum atomic E-state index is 10.8. The van der Waals surface area contributed by atoms with E-state index in [0.717, 1.165) is 37.2 Å². The van der Waals surface area contributed by atoms with E-state index in [4.69, 9.17) is 0 Å². The van der Waals surface area contributed by atoms with Gasteiger partial charge in [-0.1, -0.05) is 12.1 Å². The first-order chi connectivity index (χ1) is 9.15. The Labute approximate surface area is 111 Å². The minimum atomic E-state index is -0.429. The minimum Gasteiger partial charge on any atom is -0.387 e. The molecule has 1 aromatic rings. The van der Waals surface area contributed by atoms with Crippen LogP contribution in [-0.4, -0.2) is 34.1 Å². The molecule has 3 fully saturated rings. The van der Waals surface area contributed by atoms with E-state index in [1.54, 1.807) is 12.1 Å². The van der Waals surface area contributed by atoms with Gasteiger partial charge >= 0.3 is 0 Å². The van der Waals surface area contributed by atoms with Crippen LogP contribution in [0.25, 0.3) is 6.08 Å². The lowest BCUT2D eigenvalue weighted by Crippen LogP contribution is -2.48. The lowest BCUT2D eigenvalue weighted by Gasteiger charge is -2.45. The normalized spacial score (nSPS) is 27.8. The number of hydrogen-bond acceptors (Lipinski definition) is 4. The molecular formula is C14H16N2O3. The fourth-order valence-corrected chi connectivity index (χ4v) is 2.98. The average Bonchev–Trinajstić information content (AvgIpc) is 2.43. The van der Waals surface area contributed by atoms with Crippen LogP contribution in [0.1, 0.15) is 18.4 Å². The molecule has 1 atom stereocenters. The summed E-state index contributed by atoms with van der Waals surface area (Å²) in [6.07, 6.45) is 3.52. The van der Waals surface area contributed by atoms with Crippen molar-refractivity contribution in [3.05, 3.63) is 45.6 Å². The molecule has 4 rings (SSSR count). The third kappa shape index (κ3) is 2.21. The zero-order chi connectivity index (χ0) is 13.4. The van der Waals surface area contributed by atoms with Crippen molar-refractivity contribution >= 4 is 11.8 Å². The number of hydrogen-bond donors (Lipinski definition) is 1. The number of nitro groups is 1. The molecule has 0 aromatic heterocycles. The van der Waals surface area contributed by atoms with Crippen LogP contribution in [0.3, 0.4) is 0 Å². The number of fused-ring (bicyclic) bond motifs is 3. The number of aliphatic hydroxyl groups excluding tert-OH is 1. The molecule has 3 saturated heterocycles. The fourth-order valence-electron chi connectivity index (χ4n) is 2.98. The summed E-state index contributed by atoms with van der Waals surface area (Å²) in [5, 5.41) is 21.0. The molecule has 0 radical (unpaired) electrons. The smallest absolute Gasteiger partial charge is 0.270 e. The lowest BCUT2D eigenvalue weighted by molar-refractivity contribution is -0.384. The van der Waals surface area contributed by atoms with Gasteiger partial charge in [0.05, 0.1) is 11.0 Å². The zero-order valence-electron chi connectivity index (χ0n) is 10.5. The quantitative estimate of drug-likeness (QED) is 0.652. The van der Waals surface area contributed by atoms with E-state index in [9.17, 15) is 15.2 Å². The van der Waals surface area contributed by atoms with Crippen molar-refractivity contribution in [1.82, 2.24) is 4.90 Å². The lowest BCUT2D eigenvalue weighted by atomic mass is 9.83. The summed E-state index contributed by atoms with van der Waals surface area (Å²) in [6.45, 7) is 1.95. The SMILES string of the molecule is O=[N+]([O-])c1cccc(C=C2C(O)C3CCN2CC3)c1. The van der Waals surface area contributed by atoms with Gasteiger partial charge in [-0.05, 0) is 30.4 Å². The minimum absolute atomic E-state index is 0.0832. The summed E-state index contributed by atoms with van der Waals surface area (Å²) in [7, 11) is 0. The largest absolute Gasteiger partial charge is 0.387 e. The van der Waals surface area contributed by atoms with E-state index in [-0.39, 0.29) is 5.69 Å². The first-order valence-corrected chi connectivity index (χ1v) is 6.54. The molecule has 0 spiro atoms. The third-order valence-electron chi connectivity index (χ3n) is 4.05. The van der Waals surface area contributed by atoms with Crippen LogP contribution in [0, 0.1) is 16.0 Å².